The highest BCUT2D eigenvalue weighted by Gasteiger charge is 2.36. The second kappa shape index (κ2) is 6.00. The molecule has 2 aromatic heterocycles. The van der Waals surface area contributed by atoms with E-state index in [1.165, 1.54) is 0 Å². The van der Waals surface area contributed by atoms with E-state index in [0.717, 1.165) is 22.4 Å². The molecule has 0 unspecified atom stereocenters. The third kappa shape index (κ3) is 2.80. The highest BCUT2D eigenvalue weighted by Crippen LogP contribution is 2.25. The van der Waals surface area contributed by atoms with Gasteiger partial charge in [0.25, 0.3) is 5.91 Å². The summed E-state index contributed by atoms with van der Waals surface area (Å²) in [6.07, 6.45) is -0.0151. The van der Waals surface area contributed by atoms with E-state index in [1.807, 2.05) is 44.3 Å². The number of β-amino-alcohol motifs (C(OH)–C–C–N with tert-alkyl or cyclic N) is 1. The molecule has 1 aromatic carbocycles. The number of rotatable bonds is 3. The molecule has 0 saturated carbocycles. The first-order valence-electron chi connectivity index (χ1n) is 8.34. The Morgan fingerprint density at radius 2 is 2.16 bits per heavy atom. The highest BCUT2D eigenvalue weighted by atomic mass is 16.5. The van der Waals surface area contributed by atoms with Crippen molar-refractivity contribution in [1.29, 1.82) is 0 Å². The number of amides is 1. The largest absolute Gasteiger partial charge is 0.391 e. The van der Waals surface area contributed by atoms with E-state index in [4.69, 9.17) is 4.52 Å². The quantitative estimate of drug-likeness (QED) is 0.782. The minimum atomic E-state index is -0.579. The van der Waals surface area contributed by atoms with Crippen molar-refractivity contribution in [2.75, 3.05) is 13.1 Å². The number of para-hydroxylation sites is 1. The van der Waals surface area contributed by atoms with E-state index in [9.17, 15) is 9.90 Å². The van der Waals surface area contributed by atoms with Gasteiger partial charge in [-0.3, -0.25) is 9.48 Å². The summed E-state index contributed by atoms with van der Waals surface area (Å²) in [7, 11) is 1.83. The number of hydrogen-bond donors (Lipinski definition) is 1. The van der Waals surface area contributed by atoms with Crippen molar-refractivity contribution in [1.82, 2.24) is 19.8 Å². The van der Waals surface area contributed by atoms with E-state index in [0.29, 0.717) is 25.2 Å². The Hall–Kier alpha value is -2.67. The topological polar surface area (TPSA) is 84.4 Å². The van der Waals surface area contributed by atoms with Gasteiger partial charge < -0.3 is 14.5 Å². The number of fused-ring (bicyclic) bond motifs is 1. The van der Waals surface area contributed by atoms with Gasteiger partial charge in [-0.2, -0.15) is 5.10 Å². The molecule has 0 aliphatic carbocycles. The van der Waals surface area contributed by atoms with Gasteiger partial charge in [-0.05, 0) is 13.0 Å². The van der Waals surface area contributed by atoms with Crippen LogP contribution in [0, 0.1) is 12.8 Å². The number of benzene rings is 1. The first kappa shape index (κ1) is 15.8. The minimum Gasteiger partial charge on any atom is -0.391 e. The van der Waals surface area contributed by atoms with Gasteiger partial charge in [0.15, 0.2) is 5.69 Å². The molecule has 3 heterocycles. The lowest BCUT2D eigenvalue weighted by Crippen LogP contribution is -2.30. The molecule has 7 nitrogen and oxygen atoms in total. The standard InChI is InChI=1S/C18H20N4O3/c1-11-7-13(25-20-11)8-12-9-22(10-16(12)23)18(24)17-14-5-3-4-6-15(14)21(2)19-17/h3-7,12,16,23H,8-10H2,1-2H3/t12-,16+/m1/s1. The number of aromatic nitrogens is 3. The van der Waals surface area contributed by atoms with Gasteiger partial charge in [-0.25, -0.2) is 0 Å². The molecule has 130 valence electrons. The van der Waals surface area contributed by atoms with E-state index in [2.05, 4.69) is 10.3 Å². The van der Waals surface area contributed by atoms with Crippen LogP contribution in [0.15, 0.2) is 34.9 Å². The van der Waals surface area contributed by atoms with Gasteiger partial charge >= 0.3 is 0 Å². The average Bonchev–Trinajstić information content (AvgIpc) is 3.27. The Kier molecular flexibility index (Phi) is 3.80. The zero-order chi connectivity index (χ0) is 17.6. The summed E-state index contributed by atoms with van der Waals surface area (Å²) in [5.74, 6) is 0.525. The summed E-state index contributed by atoms with van der Waals surface area (Å²) < 4.78 is 6.95. The lowest BCUT2D eigenvalue weighted by molar-refractivity contribution is 0.0760. The summed E-state index contributed by atoms with van der Waals surface area (Å²) in [6.45, 7) is 2.65. The zero-order valence-corrected chi connectivity index (χ0v) is 14.2. The second-order valence-electron chi connectivity index (χ2n) is 6.67. The zero-order valence-electron chi connectivity index (χ0n) is 14.2. The predicted molar refractivity (Wildman–Crippen MR) is 91.1 cm³/mol. The Morgan fingerprint density at radius 3 is 2.92 bits per heavy atom. The number of hydrogen-bond acceptors (Lipinski definition) is 5. The fraction of sp³-hybridized carbons (Fsp3) is 0.389. The fourth-order valence-electron chi connectivity index (χ4n) is 3.51. The molecule has 0 spiro atoms. The monoisotopic (exact) mass is 340 g/mol. The van der Waals surface area contributed by atoms with E-state index in [-0.39, 0.29) is 11.8 Å². The molecule has 1 aliphatic heterocycles. The van der Waals surface area contributed by atoms with Gasteiger partial charge in [0.1, 0.15) is 5.76 Å². The molecule has 25 heavy (non-hydrogen) atoms. The van der Waals surface area contributed by atoms with Crippen LogP contribution in [0.2, 0.25) is 0 Å². The maximum absolute atomic E-state index is 12.9. The van der Waals surface area contributed by atoms with Crippen LogP contribution in [0.3, 0.4) is 0 Å². The summed E-state index contributed by atoms with van der Waals surface area (Å²) in [5.41, 5.74) is 2.16. The molecular weight excluding hydrogens is 320 g/mol. The van der Waals surface area contributed by atoms with Crippen LogP contribution in [-0.2, 0) is 13.5 Å². The van der Waals surface area contributed by atoms with Crippen LogP contribution in [0.5, 0.6) is 0 Å². The Bertz CT molecular complexity index is 929. The molecular formula is C18H20N4O3. The SMILES string of the molecule is Cc1cc(C[C@@H]2CN(C(=O)c3nn(C)c4ccccc34)C[C@@H]2O)on1. The summed E-state index contributed by atoms with van der Waals surface area (Å²) in [4.78, 5) is 14.6. The summed E-state index contributed by atoms with van der Waals surface area (Å²) in [5, 5.41) is 19.5. The van der Waals surface area contributed by atoms with Crippen molar-refractivity contribution in [3.8, 4) is 0 Å². The molecule has 4 rings (SSSR count). The lowest BCUT2D eigenvalue weighted by Gasteiger charge is -2.14. The average molecular weight is 340 g/mol. The number of carbonyl (C=O) groups is 1. The molecule has 1 amide bonds. The second-order valence-corrected chi connectivity index (χ2v) is 6.67. The lowest BCUT2D eigenvalue weighted by atomic mass is 10.0. The number of aliphatic hydroxyl groups excluding tert-OH is 1. The minimum absolute atomic E-state index is 0.0636. The molecule has 0 bridgehead atoms. The van der Waals surface area contributed by atoms with Gasteiger partial charge in [0.2, 0.25) is 0 Å². The van der Waals surface area contributed by atoms with E-state index < -0.39 is 6.10 Å². The Labute approximate surface area is 144 Å². The van der Waals surface area contributed by atoms with Crippen LogP contribution >= 0.6 is 0 Å². The number of nitrogens with zero attached hydrogens (tertiary/aromatic N) is 4. The number of likely N-dealkylation sites (tertiary alicyclic amines) is 1. The number of carbonyl (C=O) groups excluding carboxylic acids is 1. The van der Waals surface area contributed by atoms with Crippen LogP contribution in [0.1, 0.15) is 21.9 Å². The summed E-state index contributed by atoms with van der Waals surface area (Å²) in [6, 6.07) is 9.52. The third-order valence-electron chi connectivity index (χ3n) is 4.79. The maximum Gasteiger partial charge on any atom is 0.275 e. The maximum atomic E-state index is 12.9. The van der Waals surface area contributed by atoms with Crippen molar-refractivity contribution < 1.29 is 14.4 Å². The van der Waals surface area contributed by atoms with Gasteiger partial charge in [0.05, 0.1) is 17.3 Å². The first-order valence-corrected chi connectivity index (χ1v) is 8.34. The predicted octanol–water partition coefficient (Wildman–Crippen LogP) is 1.55. The normalized spacial score (nSPS) is 20.5. The molecule has 0 radical (unpaired) electrons. The fourth-order valence-corrected chi connectivity index (χ4v) is 3.51. The van der Waals surface area contributed by atoms with E-state index in [1.54, 1.807) is 9.58 Å². The highest BCUT2D eigenvalue weighted by molar-refractivity contribution is 6.04. The Balaban J connectivity index is 1.54. The van der Waals surface area contributed by atoms with Crippen molar-refractivity contribution in [2.45, 2.75) is 19.4 Å². The first-order chi connectivity index (χ1) is 12.0. The van der Waals surface area contributed by atoms with Gasteiger partial charge in [-0.1, -0.05) is 23.4 Å². The summed E-state index contributed by atoms with van der Waals surface area (Å²) >= 11 is 0. The van der Waals surface area contributed by atoms with Crippen LogP contribution in [0.25, 0.3) is 10.9 Å². The molecule has 1 N–H and O–H groups in total. The molecule has 1 saturated heterocycles. The van der Waals surface area contributed by atoms with Crippen molar-refractivity contribution >= 4 is 16.8 Å². The third-order valence-corrected chi connectivity index (χ3v) is 4.79. The molecule has 3 aromatic rings. The smallest absolute Gasteiger partial charge is 0.275 e. The number of aliphatic hydroxyl groups is 1. The van der Waals surface area contributed by atoms with Crippen LogP contribution in [-0.4, -0.2) is 50.0 Å². The molecule has 1 aliphatic rings. The molecule has 7 heteroatoms. The van der Waals surface area contributed by atoms with Crippen molar-refractivity contribution in [3.05, 3.63) is 47.5 Å². The van der Waals surface area contributed by atoms with Gasteiger partial charge in [0, 0.05) is 43.9 Å². The Morgan fingerprint density at radius 1 is 1.36 bits per heavy atom. The van der Waals surface area contributed by atoms with Gasteiger partial charge in [-0.15, -0.1) is 0 Å². The van der Waals surface area contributed by atoms with E-state index >= 15 is 0 Å². The van der Waals surface area contributed by atoms with Crippen molar-refractivity contribution in [2.24, 2.45) is 13.0 Å². The van der Waals surface area contributed by atoms with Crippen LogP contribution < -0.4 is 0 Å². The molecule has 2 atom stereocenters. The number of aryl methyl sites for hydroxylation is 2. The van der Waals surface area contributed by atoms with Crippen molar-refractivity contribution in [3.63, 3.8) is 0 Å². The molecule has 1 fully saturated rings. The van der Waals surface area contributed by atoms with Crippen LogP contribution in [0.4, 0.5) is 0 Å².